The molecule has 0 spiro atoms. The van der Waals surface area contributed by atoms with E-state index in [0.29, 0.717) is 12.6 Å². The molecule has 0 radical (unpaired) electrons. The third-order valence-electron chi connectivity index (χ3n) is 2.77. The predicted octanol–water partition coefficient (Wildman–Crippen LogP) is 2.59. The fourth-order valence-corrected chi connectivity index (χ4v) is 2.53. The molecule has 2 aromatic heterocycles. The second kappa shape index (κ2) is 6.16. The van der Waals surface area contributed by atoms with Gasteiger partial charge in [0, 0.05) is 20.6 Å². The largest absolute Gasteiger partial charge is 0.377 e. The summed E-state index contributed by atoms with van der Waals surface area (Å²) in [6.45, 7) is 5.59. The molecule has 0 saturated carbocycles. The van der Waals surface area contributed by atoms with Crippen LogP contribution in [-0.2, 0) is 4.74 Å². The molecule has 0 saturated heterocycles. The minimum Gasteiger partial charge on any atom is -0.377 e. The Labute approximate surface area is 117 Å². The molecule has 0 aliphatic carbocycles. The highest BCUT2D eigenvalue weighted by Gasteiger charge is 2.12. The van der Waals surface area contributed by atoms with Gasteiger partial charge in [0.15, 0.2) is 0 Å². The zero-order chi connectivity index (χ0) is 13.8. The minimum atomic E-state index is 0.257. The average molecular weight is 280 g/mol. The number of hydrogen-bond acceptors (Lipinski definition) is 6. The molecule has 0 amide bonds. The van der Waals surface area contributed by atoms with Gasteiger partial charge in [0.2, 0.25) is 5.95 Å². The minimum absolute atomic E-state index is 0.257. The summed E-state index contributed by atoms with van der Waals surface area (Å²) in [6, 6.07) is 2.06. The lowest BCUT2D eigenvalue weighted by Crippen LogP contribution is -2.25. The molecule has 0 fully saturated rings. The summed E-state index contributed by atoms with van der Waals surface area (Å²) in [5, 5.41) is 6.14. The van der Waals surface area contributed by atoms with E-state index in [1.54, 1.807) is 11.3 Å². The smallest absolute Gasteiger partial charge is 0.225 e. The third-order valence-corrected chi connectivity index (χ3v) is 3.57. The zero-order valence-electron chi connectivity index (χ0n) is 11.8. The first-order valence-electron chi connectivity index (χ1n) is 6.37. The first kappa shape index (κ1) is 14.0. The summed E-state index contributed by atoms with van der Waals surface area (Å²) < 4.78 is 5.59. The normalized spacial score (nSPS) is 11.2. The van der Waals surface area contributed by atoms with Crippen LogP contribution in [0.2, 0.25) is 0 Å². The van der Waals surface area contributed by atoms with Crippen molar-refractivity contribution in [2.45, 2.75) is 20.0 Å². The number of ether oxygens (including phenoxy) is 1. The van der Waals surface area contributed by atoms with Crippen LogP contribution in [0, 0.1) is 0 Å². The van der Waals surface area contributed by atoms with Crippen molar-refractivity contribution in [2.24, 2.45) is 0 Å². The number of hydrogen-bond donors (Lipinski definition) is 1. The van der Waals surface area contributed by atoms with E-state index in [1.807, 2.05) is 33.3 Å². The molecule has 0 unspecified atom stereocenters. The van der Waals surface area contributed by atoms with Crippen molar-refractivity contribution in [1.82, 2.24) is 9.97 Å². The molecule has 19 heavy (non-hydrogen) atoms. The Morgan fingerprint density at radius 1 is 1.42 bits per heavy atom. The fourth-order valence-electron chi connectivity index (χ4n) is 1.77. The number of likely N-dealkylation sites (N-methyl/N-ethyl adjacent to an activating group) is 1. The highest BCUT2D eigenvalue weighted by atomic mass is 32.1. The SMILES string of the molecule is CNc1nc(N(C)CCOC(C)C)c2ccsc2n1. The van der Waals surface area contributed by atoms with Crippen molar-refractivity contribution in [3.63, 3.8) is 0 Å². The summed E-state index contributed by atoms with van der Waals surface area (Å²) >= 11 is 1.63. The Balaban J connectivity index is 2.19. The van der Waals surface area contributed by atoms with Gasteiger partial charge in [-0.05, 0) is 25.3 Å². The van der Waals surface area contributed by atoms with Crippen molar-refractivity contribution in [1.29, 1.82) is 0 Å². The molecule has 0 aromatic carbocycles. The van der Waals surface area contributed by atoms with E-state index in [-0.39, 0.29) is 6.10 Å². The van der Waals surface area contributed by atoms with Crippen LogP contribution >= 0.6 is 11.3 Å². The maximum Gasteiger partial charge on any atom is 0.225 e. The van der Waals surface area contributed by atoms with Gasteiger partial charge < -0.3 is 15.0 Å². The third kappa shape index (κ3) is 3.33. The van der Waals surface area contributed by atoms with Gasteiger partial charge in [0.1, 0.15) is 10.6 Å². The van der Waals surface area contributed by atoms with Crippen LogP contribution in [0.25, 0.3) is 10.2 Å². The topological polar surface area (TPSA) is 50.3 Å². The quantitative estimate of drug-likeness (QED) is 0.881. The van der Waals surface area contributed by atoms with Gasteiger partial charge in [-0.1, -0.05) is 0 Å². The Morgan fingerprint density at radius 3 is 2.89 bits per heavy atom. The number of nitrogens with zero attached hydrogens (tertiary/aromatic N) is 3. The highest BCUT2D eigenvalue weighted by molar-refractivity contribution is 7.16. The predicted molar refractivity (Wildman–Crippen MR) is 81.3 cm³/mol. The number of aromatic nitrogens is 2. The summed E-state index contributed by atoms with van der Waals surface area (Å²) in [5.74, 6) is 1.60. The highest BCUT2D eigenvalue weighted by Crippen LogP contribution is 2.28. The number of rotatable bonds is 6. The van der Waals surface area contributed by atoms with Crippen LogP contribution in [0.4, 0.5) is 11.8 Å². The van der Waals surface area contributed by atoms with E-state index >= 15 is 0 Å². The van der Waals surface area contributed by atoms with Crippen LogP contribution < -0.4 is 10.2 Å². The number of anilines is 2. The first-order chi connectivity index (χ1) is 9.11. The van der Waals surface area contributed by atoms with Gasteiger partial charge in [-0.25, -0.2) is 4.98 Å². The molecule has 0 aliphatic heterocycles. The molecule has 2 rings (SSSR count). The van der Waals surface area contributed by atoms with Gasteiger partial charge >= 0.3 is 0 Å². The lowest BCUT2D eigenvalue weighted by Gasteiger charge is -2.20. The van der Waals surface area contributed by atoms with E-state index in [2.05, 4.69) is 26.3 Å². The monoisotopic (exact) mass is 280 g/mol. The van der Waals surface area contributed by atoms with Gasteiger partial charge in [-0.15, -0.1) is 11.3 Å². The van der Waals surface area contributed by atoms with Gasteiger partial charge in [0.05, 0.1) is 18.1 Å². The molecule has 6 heteroatoms. The second-order valence-electron chi connectivity index (χ2n) is 4.60. The van der Waals surface area contributed by atoms with Crippen molar-refractivity contribution in [2.75, 3.05) is 37.5 Å². The molecule has 0 atom stereocenters. The number of fused-ring (bicyclic) bond motifs is 1. The molecule has 1 N–H and O–H groups in total. The lowest BCUT2D eigenvalue weighted by atomic mass is 10.3. The second-order valence-corrected chi connectivity index (χ2v) is 5.50. The lowest BCUT2D eigenvalue weighted by molar-refractivity contribution is 0.0845. The summed E-state index contributed by atoms with van der Waals surface area (Å²) in [7, 11) is 3.86. The molecule has 2 aromatic rings. The first-order valence-corrected chi connectivity index (χ1v) is 7.25. The van der Waals surface area contributed by atoms with Crippen molar-refractivity contribution >= 4 is 33.3 Å². The standard InChI is InChI=1S/C13H20N4OS/c1-9(2)18-7-6-17(4)11-10-5-8-19-12(10)16-13(14-3)15-11/h5,8-9H,6-7H2,1-4H3,(H,14,15,16). The molecule has 2 heterocycles. The Bertz CT molecular complexity index is 540. The van der Waals surface area contributed by atoms with Crippen molar-refractivity contribution in [3.05, 3.63) is 11.4 Å². The molecule has 104 valence electrons. The summed E-state index contributed by atoms with van der Waals surface area (Å²) in [6.07, 6.45) is 0.257. The van der Waals surface area contributed by atoms with Crippen LogP contribution in [0.1, 0.15) is 13.8 Å². The van der Waals surface area contributed by atoms with Crippen LogP contribution in [-0.4, -0.2) is 43.3 Å². The van der Waals surface area contributed by atoms with E-state index in [1.165, 1.54) is 0 Å². The van der Waals surface area contributed by atoms with Crippen LogP contribution in [0.3, 0.4) is 0 Å². The van der Waals surface area contributed by atoms with E-state index in [0.717, 1.165) is 22.6 Å². The Kier molecular flexibility index (Phi) is 4.55. The summed E-state index contributed by atoms with van der Waals surface area (Å²) in [5.41, 5.74) is 0. The molecular weight excluding hydrogens is 260 g/mol. The Morgan fingerprint density at radius 2 is 2.21 bits per heavy atom. The van der Waals surface area contributed by atoms with Crippen molar-refractivity contribution < 1.29 is 4.74 Å². The molecule has 0 aliphatic rings. The Hall–Kier alpha value is -1.40. The average Bonchev–Trinajstić information content (AvgIpc) is 2.84. The van der Waals surface area contributed by atoms with E-state index in [9.17, 15) is 0 Å². The van der Waals surface area contributed by atoms with Gasteiger partial charge in [-0.2, -0.15) is 4.98 Å². The maximum absolute atomic E-state index is 5.59. The van der Waals surface area contributed by atoms with Gasteiger partial charge in [0.25, 0.3) is 0 Å². The van der Waals surface area contributed by atoms with Crippen LogP contribution in [0.15, 0.2) is 11.4 Å². The maximum atomic E-state index is 5.59. The van der Waals surface area contributed by atoms with E-state index in [4.69, 9.17) is 4.74 Å². The molecular formula is C13H20N4OS. The molecule has 0 bridgehead atoms. The fraction of sp³-hybridized carbons (Fsp3) is 0.538. The zero-order valence-corrected chi connectivity index (χ0v) is 12.6. The number of thiophene rings is 1. The molecule has 5 nitrogen and oxygen atoms in total. The summed E-state index contributed by atoms with van der Waals surface area (Å²) in [4.78, 5) is 12.1. The van der Waals surface area contributed by atoms with Gasteiger partial charge in [-0.3, -0.25) is 0 Å². The van der Waals surface area contributed by atoms with Crippen LogP contribution in [0.5, 0.6) is 0 Å². The van der Waals surface area contributed by atoms with E-state index < -0.39 is 0 Å². The number of nitrogens with one attached hydrogen (secondary N) is 1. The van der Waals surface area contributed by atoms with Crippen molar-refractivity contribution in [3.8, 4) is 0 Å².